The number of nitrogens with zero attached hydrogens (tertiary/aromatic N) is 1. The van der Waals surface area contributed by atoms with Crippen LogP contribution in [0.25, 0.3) is 10.9 Å². The molecule has 152 valence electrons. The van der Waals surface area contributed by atoms with E-state index >= 15 is 0 Å². The highest BCUT2D eigenvalue weighted by Gasteiger charge is 2.11. The van der Waals surface area contributed by atoms with Gasteiger partial charge in [-0.1, -0.05) is 29.8 Å². The number of hydrogen-bond acceptors (Lipinski definition) is 4. The number of carbonyl (C=O) groups is 1. The number of ether oxygens (including phenoxy) is 2. The number of H-pyrrole nitrogens is 1. The highest BCUT2D eigenvalue weighted by Crippen LogP contribution is 2.20. The third-order valence-corrected chi connectivity index (χ3v) is 5.20. The first-order valence-electron chi connectivity index (χ1n) is 9.76. The molecular formula is C22H24ClN3O3. The van der Waals surface area contributed by atoms with Crippen LogP contribution in [0.5, 0.6) is 5.75 Å². The van der Waals surface area contributed by atoms with Crippen molar-refractivity contribution in [3.8, 4) is 5.75 Å². The van der Waals surface area contributed by atoms with E-state index in [0.717, 1.165) is 55.1 Å². The molecule has 29 heavy (non-hydrogen) atoms. The van der Waals surface area contributed by atoms with Crippen molar-refractivity contribution >= 4 is 28.4 Å². The Morgan fingerprint density at radius 3 is 2.90 bits per heavy atom. The molecule has 4 rings (SSSR count). The zero-order valence-corrected chi connectivity index (χ0v) is 16.9. The quantitative estimate of drug-likeness (QED) is 0.622. The zero-order valence-electron chi connectivity index (χ0n) is 16.1. The van der Waals surface area contributed by atoms with E-state index in [4.69, 9.17) is 21.1 Å². The fraction of sp³-hybridized carbons (Fsp3) is 0.318. The van der Waals surface area contributed by atoms with Crippen molar-refractivity contribution < 1.29 is 14.3 Å². The number of benzene rings is 2. The van der Waals surface area contributed by atoms with E-state index in [1.54, 1.807) is 0 Å². The molecular weight excluding hydrogens is 390 g/mol. The van der Waals surface area contributed by atoms with Gasteiger partial charge in [-0.05, 0) is 35.9 Å². The maximum Gasteiger partial charge on any atom is 0.267 e. The minimum atomic E-state index is -0.157. The van der Waals surface area contributed by atoms with E-state index in [-0.39, 0.29) is 5.91 Å². The van der Waals surface area contributed by atoms with Crippen LogP contribution in [0, 0.1) is 0 Å². The largest absolute Gasteiger partial charge is 0.492 e. The molecule has 0 saturated carbocycles. The summed E-state index contributed by atoms with van der Waals surface area (Å²) in [5, 5.41) is 4.53. The Morgan fingerprint density at radius 1 is 1.17 bits per heavy atom. The molecule has 1 aliphatic heterocycles. The summed E-state index contributed by atoms with van der Waals surface area (Å²) in [6.45, 7) is 5.43. The molecule has 1 aliphatic rings. The van der Waals surface area contributed by atoms with Gasteiger partial charge >= 0.3 is 0 Å². The van der Waals surface area contributed by atoms with Gasteiger partial charge in [0.05, 0.1) is 13.2 Å². The van der Waals surface area contributed by atoms with E-state index in [0.29, 0.717) is 23.9 Å². The lowest BCUT2D eigenvalue weighted by atomic mass is 10.2. The first-order chi connectivity index (χ1) is 14.2. The second kappa shape index (κ2) is 9.31. The number of aromatic amines is 1. The molecule has 0 atom stereocenters. The zero-order chi connectivity index (χ0) is 20.1. The highest BCUT2D eigenvalue weighted by molar-refractivity contribution is 6.31. The molecule has 1 amide bonds. The standard InChI is InChI=1S/C22H24ClN3O3/c23-18-5-4-17-13-21(25-20(17)14-18)22(27)24-15-16-2-1-3-19(12-16)29-11-8-26-6-9-28-10-7-26/h1-5,12-14,25H,6-11,15H2,(H,24,27). The van der Waals surface area contributed by atoms with Crippen molar-refractivity contribution in [2.24, 2.45) is 0 Å². The summed E-state index contributed by atoms with van der Waals surface area (Å²) in [5.74, 6) is 0.654. The highest BCUT2D eigenvalue weighted by atomic mass is 35.5. The average molecular weight is 414 g/mol. The molecule has 0 bridgehead atoms. The summed E-state index contributed by atoms with van der Waals surface area (Å²) < 4.78 is 11.2. The van der Waals surface area contributed by atoms with Gasteiger partial charge in [0.2, 0.25) is 0 Å². The second-order valence-electron chi connectivity index (χ2n) is 7.05. The van der Waals surface area contributed by atoms with Gasteiger partial charge < -0.3 is 19.8 Å². The molecule has 2 N–H and O–H groups in total. The summed E-state index contributed by atoms with van der Waals surface area (Å²) in [5.41, 5.74) is 2.35. The smallest absolute Gasteiger partial charge is 0.267 e. The number of nitrogens with one attached hydrogen (secondary N) is 2. The van der Waals surface area contributed by atoms with Crippen LogP contribution in [0.4, 0.5) is 0 Å². The van der Waals surface area contributed by atoms with E-state index in [1.807, 2.05) is 48.5 Å². The normalized spacial score (nSPS) is 14.8. The summed E-state index contributed by atoms with van der Waals surface area (Å²) in [4.78, 5) is 17.9. The molecule has 1 aromatic heterocycles. The number of rotatable bonds is 7. The predicted molar refractivity (Wildman–Crippen MR) is 114 cm³/mol. The van der Waals surface area contributed by atoms with E-state index < -0.39 is 0 Å². The van der Waals surface area contributed by atoms with Gasteiger partial charge in [-0.25, -0.2) is 0 Å². The second-order valence-corrected chi connectivity index (χ2v) is 7.48. The minimum absolute atomic E-state index is 0.157. The molecule has 6 nitrogen and oxygen atoms in total. The van der Waals surface area contributed by atoms with Gasteiger partial charge in [0.1, 0.15) is 18.1 Å². The Bertz CT molecular complexity index is 982. The Morgan fingerprint density at radius 2 is 2.03 bits per heavy atom. The third kappa shape index (κ3) is 5.29. The maximum absolute atomic E-state index is 12.5. The van der Waals surface area contributed by atoms with Crippen molar-refractivity contribution in [3.63, 3.8) is 0 Å². The van der Waals surface area contributed by atoms with Crippen molar-refractivity contribution in [3.05, 3.63) is 64.8 Å². The fourth-order valence-corrected chi connectivity index (χ4v) is 3.53. The number of fused-ring (bicyclic) bond motifs is 1. The Kier molecular flexibility index (Phi) is 6.34. The lowest BCUT2D eigenvalue weighted by molar-refractivity contribution is 0.0322. The first kappa shape index (κ1) is 19.8. The molecule has 1 saturated heterocycles. The van der Waals surface area contributed by atoms with Gasteiger partial charge in [-0.15, -0.1) is 0 Å². The SMILES string of the molecule is O=C(NCc1cccc(OCCN2CCOCC2)c1)c1cc2ccc(Cl)cc2[nH]1. The van der Waals surface area contributed by atoms with Crippen LogP contribution in [-0.2, 0) is 11.3 Å². The summed E-state index contributed by atoms with van der Waals surface area (Å²) >= 11 is 6.00. The maximum atomic E-state index is 12.5. The van der Waals surface area contributed by atoms with E-state index in [9.17, 15) is 4.79 Å². The van der Waals surface area contributed by atoms with Crippen LogP contribution in [0.1, 0.15) is 16.1 Å². The van der Waals surface area contributed by atoms with Crippen LogP contribution >= 0.6 is 11.6 Å². The number of halogens is 1. The lowest BCUT2D eigenvalue weighted by Crippen LogP contribution is -2.38. The molecule has 7 heteroatoms. The Balaban J connectivity index is 1.29. The minimum Gasteiger partial charge on any atom is -0.492 e. The van der Waals surface area contributed by atoms with Crippen LogP contribution in [0.3, 0.4) is 0 Å². The molecule has 0 aliphatic carbocycles. The van der Waals surface area contributed by atoms with Crippen LogP contribution in [0.2, 0.25) is 5.02 Å². The van der Waals surface area contributed by atoms with Crippen molar-refractivity contribution in [2.75, 3.05) is 39.5 Å². The van der Waals surface area contributed by atoms with Gasteiger partial charge in [0, 0.05) is 42.1 Å². The summed E-state index contributed by atoms with van der Waals surface area (Å²) in [6.07, 6.45) is 0. The number of amides is 1. The Hall–Kier alpha value is -2.54. The number of aromatic nitrogens is 1. The average Bonchev–Trinajstić information content (AvgIpc) is 3.16. The molecule has 0 radical (unpaired) electrons. The summed E-state index contributed by atoms with van der Waals surface area (Å²) in [7, 11) is 0. The third-order valence-electron chi connectivity index (χ3n) is 4.96. The molecule has 2 aromatic carbocycles. The molecule has 0 unspecified atom stereocenters. The Labute approximate surface area is 174 Å². The van der Waals surface area contributed by atoms with Gasteiger partial charge in [-0.3, -0.25) is 9.69 Å². The van der Waals surface area contributed by atoms with Crippen molar-refractivity contribution in [1.29, 1.82) is 0 Å². The van der Waals surface area contributed by atoms with Gasteiger partial charge in [0.25, 0.3) is 5.91 Å². The first-order valence-corrected chi connectivity index (χ1v) is 10.1. The molecule has 2 heterocycles. The van der Waals surface area contributed by atoms with E-state index in [1.165, 1.54) is 0 Å². The molecule has 0 spiro atoms. The number of hydrogen-bond donors (Lipinski definition) is 2. The van der Waals surface area contributed by atoms with Crippen LogP contribution in [-0.4, -0.2) is 55.2 Å². The van der Waals surface area contributed by atoms with Gasteiger partial charge in [0.15, 0.2) is 0 Å². The molecule has 1 fully saturated rings. The monoisotopic (exact) mass is 413 g/mol. The van der Waals surface area contributed by atoms with Gasteiger partial charge in [-0.2, -0.15) is 0 Å². The summed E-state index contributed by atoms with van der Waals surface area (Å²) in [6, 6.07) is 15.2. The van der Waals surface area contributed by atoms with Crippen molar-refractivity contribution in [1.82, 2.24) is 15.2 Å². The van der Waals surface area contributed by atoms with Crippen molar-refractivity contribution in [2.45, 2.75) is 6.54 Å². The molecule has 3 aromatic rings. The van der Waals surface area contributed by atoms with Crippen LogP contribution < -0.4 is 10.1 Å². The topological polar surface area (TPSA) is 66.6 Å². The number of morpholine rings is 1. The predicted octanol–water partition coefficient (Wildman–Crippen LogP) is 3.46. The van der Waals surface area contributed by atoms with Crippen LogP contribution in [0.15, 0.2) is 48.5 Å². The number of carbonyl (C=O) groups excluding carboxylic acids is 1. The lowest BCUT2D eigenvalue weighted by Gasteiger charge is -2.26. The fourth-order valence-electron chi connectivity index (χ4n) is 3.36. The van der Waals surface area contributed by atoms with E-state index in [2.05, 4.69) is 15.2 Å².